The lowest BCUT2D eigenvalue weighted by molar-refractivity contribution is -0.0402. The molecule has 0 radical (unpaired) electrons. The number of H-pyrrole nitrogens is 1. The fourth-order valence-corrected chi connectivity index (χ4v) is 3.64. The Labute approximate surface area is 143 Å². The van der Waals surface area contributed by atoms with Gasteiger partial charge in [0.05, 0.1) is 18.2 Å². The van der Waals surface area contributed by atoms with Gasteiger partial charge in [-0.25, -0.2) is 4.98 Å². The lowest BCUT2D eigenvalue weighted by Gasteiger charge is -2.39. The molecular weight excluding hydrogens is 296 g/mol. The molecule has 0 spiro atoms. The Morgan fingerprint density at radius 3 is 2.00 bits per heavy atom. The van der Waals surface area contributed by atoms with E-state index in [1.807, 2.05) is 6.20 Å². The first-order valence-electron chi connectivity index (χ1n) is 8.45. The lowest BCUT2D eigenvalue weighted by atomic mass is 9.73. The third kappa shape index (κ3) is 3.00. The van der Waals surface area contributed by atoms with E-state index >= 15 is 0 Å². The molecule has 3 aromatic rings. The second-order valence-corrected chi connectivity index (χ2v) is 6.06. The van der Waals surface area contributed by atoms with Crippen molar-refractivity contribution in [1.82, 2.24) is 9.97 Å². The summed E-state index contributed by atoms with van der Waals surface area (Å²) in [6.45, 7) is 2.19. The number of hydrogen-bond acceptors (Lipinski definition) is 2. The zero-order valence-electron chi connectivity index (χ0n) is 14.3. The van der Waals surface area contributed by atoms with Crippen LogP contribution in [-0.4, -0.2) is 17.1 Å². The van der Waals surface area contributed by atoms with Gasteiger partial charge in [0.15, 0.2) is 0 Å². The number of methoxy groups -OCH3 is 1. The Morgan fingerprint density at radius 1 is 1.00 bits per heavy atom. The first-order chi connectivity index (χ1) is 11.8. The number of imidazole rings is 1. The minimum atomic E-state index is -0.478. The summed E-state index contributed by atoms with van der Waals surface area (Å²) in [5.41, 5.74) is 3.03. The van der Waals surface area contributed by atoms with Crippen LogP contribution in [0.1, 0.15) is 42.5 Å². The number of hydrogen-bond donors (Lipinski definition) is 1. The van der Waals surface area contributed by atoms with Crippen molar-refractivity contribution < 1.29 is 4.74 Å². The second kappa shape index (κ2) is 7.45. The minimum absolute atomic E-state index is 0.0882. The fraction of sp³-hybridized carbons (Fsp3) is 0.286. The summed E-state index contributed by atoms with van der Waals surface area (Å²) in [5, 5.41) is 0. The molecule has 1 atom stereocenters. The number of aromatic nitrogens is 2. The summed E-state index contributed by atoms with van der Waals surface area (Å²) in [4.78, 5) is 7.55. The van der Waals surface area contributed by atoms with E-state index < -0.39 is 5.60 Å². The van der Waals surface area contributed by atoms with Crippen LogP contribution in [0.4, 0.5) is 0 Å². The Bertz CT molecular complexity index is 686. The van der Waals surface area contributed by atoms with E-state index in [4.69, 9.17) is 4.74 Å². The summed E-state index contributed by atoms with van der Waals surface area (Å²) in [7, 11) is 1.80. The standard InChI is InChI=1S/C21H24N2O/c1-3-14-21(24-2,19-15-22-16-23-19)20(17-10-6-4-7-11-17)18-12-8-5-9-13-18/h4-13,15-16,20H,3,14H2,1-2H3,(H,22,23)/t21-/m0/s1. The van der Waals surface area contributed by atoms with Crippen molar-refractivity contribution in [2.24, 2.45) is 0 Å². The molecule has 0 aliphatic carbocycles. The maximum atomic E-state index is 6.22. The van der Waals surface area contributed by atoms with E-state index in [0.29, 0.717) is 0 Å². The molecular formula is C21H24N2O. The highest BCUT2D eigenvalue weighted by atomic mass is 16.5. The molecule has 0 bridgehead atoms. The van der Waals surface area contributed by atoms with Crippen LogP contribution in [0.3, 0.4) is 0 Å². The van der Waals surface area contributed by atoms with Gasteiger partial charge in [-0.15, -0.1) is 0 Å². The SMILES string of the molecule is CCC[C@](OC)(c1cnc[nH]1)C(c1ccccc1)c1ccccc1. The molecule has 0 aliphatic rings. The van der Waals surface area contributed by atoms with Crippen LogP contribution < -0.4 is 0 Å². The molecule has 24 heavy (non-hydrogen) atoms. The molecule has 0 fully saturated rings. The van der Waals surface area contributed by atoms with Gasteiger partial charge in [-0.1, -0.05) is 74.0 Å². The minimum Gasteiger partial charge on any atom is -0.371 e. The average Bonchev–Trinajstić information content (AvgIpc) is 3.18. The molecule has 1 heterocycles. The molecule has 1 aromatic heterocycles. The molecule has 1 N–H and O–H groups in total. The summed E-state index contributed by atoms with van der Waals surface area (Å²) in [6.07, 6.45) is 5.53. The van der Waals surface area contributed by atoms with Crippen LogP contribution in [0.15, 0.2) is 73.2 Å². The fourth-order valence-electron chi connectivity index (χ4n) is 3.64. The second-order valence-electron chi connectivity index (χ2n) is 6.06. The Kier molecular flexibility index (Phi) is 5.11. The molecule has 0 amide bonds. The van der Waals surface area contributed by atoms with Crippen LogP contribution in [0.25, 0.3) is 0 Å². The van der Waals surface area contributed by atoms with Crippen LogP contribution in [0, 0.1) is 0 Å². The van der Waals surface area contributed by atoms with Crippen LogP contribution in [0.2, 0.25) is 0 Å². The molecule has 124 valence electrons. The van der Waals surface area contributed by atoms with Gasteiger partial charge in [0.2, 0.25) is 0 Å². The van der Waals surface area contributed by atoms with Crippen LogP contribution >= 0.6 is 0 Å². The predicted octanol–water partition coefficient (Wildman–Crippen LogP) is 4.88. The highest BCUT2D eigenvalue weighted by molar-refractivity contribution is 5.38. The first-order valence-corrected chi connectivity index (χ1v) is 8.45. The number of rotatable bonds is 7. The monoisotopic (exact) mass is 320 g/mol. The third-order valence-corrected chi connectivity index (χ3v) is 4.67. The van der Waals surface area contributed by atoms with Gasteiger partial charge < -0.3 is 9.72 Å². The van der Waals surface area contributed by atoms with E-state index in [1.54, 1.807) is 13.4 Å². The zero-order valence-corrected chi connectivity index (χ0v) is 14.3. The average molecular weight is 320 g/mol. The van der Waals surface area contributed by atoms with E-state index in [-0.39, 0.29) is 5.92 Å². The molecule has 0 saturated carbocycles. The maximum Gasteiger partial charge on any atom is 0.120 e. The molecule has 3 heteroatoms. The van der Waals surface area contributed by atoms with Gasteiger partial charge in [-0.3, -0.25) is 0 Å². The zero-order chi connectivity index (χ0) is 16.8. The number of ether oxygens (including phenoxy) is 1. The molecule has 0 unspecified atom stereocenters. The smallest absolute Gasteiger partial charge is 0.120 e. The van der Waals surface area contributed by atoms with Crippen molar-refractivity contribution in [2.75, 3.05) is 7.11 Å². The number of aromatic amines is 1. The van der Waals surface area contributed by atoms with Gasteiger partial charge in [0, 0.05) is 13.0 Å². The Hall–Kier alpha value is -2.39. The quantitative estimate of drug-likeness (QED) is 0.673. The Balaban J connectivity index is 2.22. The van der Waals surface area contributed by atoms with E-state index in [9.17, 15) is 0 Å². The summed E-state index contributed by atoms with van der Waals surface area (Å²) >= 11 is 0. The van der Waals surface area contributed by atoms with Crippen LogP contribution in [0.5, 0.6) is 0 Å². The maximum absolute atomic E-state index is 6.22. The number of nitrogens with one attached hydrogen (secondary N) is 1. The Morgan fingerprint density at radius 2 is 1.58 bits per heavy atom. The van der Waals surface area contributed by atoms with Crippen LogP contribution in [-0.2, 0) is 10.3 Å². The first kappa shape index (κ1) is 16.5. The van der Waals surface area contributed by atoms with E-state index in [0.717, 1.165) is 18.5 Å². The molecule has 3 nitrogen and oxygen atoms in total. The topological polar surface area (TPSA) is 37.9 Å². The normalized spacial score (nSPS) is 13.8. The van der Waals surface area contributed by atoms with Crippen molar-refractivity contribution >= 4 is 0 Å². The van der Waals surface area contributed by atoms with Crippen molar-refractivity contribution in [3.63, 3.8) is 0 Å². The molecule has 2 aromatic carbocycles. The van der Waals surface area contributed by atoms with Gasteiger partial charge in [-0.2, -0.15) is 0 Å². The molecule has 0 aliphatic heterocycles. The molecule has 3 rings (SSSR count). The van der Waals surface area contributed by atoms with Gasteiger partial charge in [0.25, 0.3) is 0 Å². The predicted molar refractivity (Wildman–Crippen MR) is 96.9 cm³/mol. The number of benzene rings is 2. The van der Waals surface area contributed by atoms with E-state index in [2.05, 4.69) is 77.6 Å². The van der Waals surface area contributed by atoms with Gasteiger partial charge >= 0.3 is 0 Å². The van der Waals surface area contributed by atoms with Crippen molar-refractivity contribution in [3.8, 4) is 0 Å². The molecule has 0 saturated heterocycles. The largest absolute Gasteiger partial charge is 0.371 e. The third-order valence-electron chi connectivity index (χ3n) is 4.67. The highest BCUT2D eigenvalue weighted by Gasteiger charge is 2.43. The van der Waals surface area contributed by atoms with Crippen molar-refractivity contribution in [1.29, 1.82) is 0 Å². The van der Waals surface area contributed by atoms with Crippen molar-refractivity contribution in [3.05, 3.63) is 90.0 Å². The van der Waals surface area contributed by atoms with Crippen molar-refractivity contribution in [2.45, 2.75) is 31.3 Å². The summed E-state index contributed by atoms with van der Waals surface area (Å²) in [6, 6.07) is 21.2. The summed E-state index contributed by atoms with van der Waals surface area (Å²) < 4.78 is 6.22. The lowest BCUT2D eigenvalue weighted by Crippen LogP contribution is -2.37. The number of nitrogens with zero attached hydrogens (tertiary/aromatic N) is 1. The summed E-state index contributed by atoms with van der Waals surface area (Å²) in [5.74, 6) is 0.0882. The highest BCUT2D eigenvalue weighted by Crippen LogP contribution is 2.46. The van der Waals surface area contributed by atoms with Gasteiger partial charge in [-0.05, 0) is 17.5 Å². The van der Waals surface area contributed by atoms with E-state index in [1.165, 1.54) is 11.1 Å². The van der Waals surface area contributed by atoms with Gasteiger partial charge in [0.1, 0.15) is 5.60 Å².